The first-order chi connectivity index (χ1) is 14.0. The van der Waals surface area contributed by atoms with Crippen LogP contribution in [-0.2, 0) is 9.53 Å². The van der Waals surface area contributed by atoms with Gasteiger partial charge in [-0.1, -0.05) is 11.3 Å². The van der Waals surface area contributed by atoms with E-state index in [0.29, 0.717) is 23.9 Å². The summed E-state index contributed by atoms with van der Waals surface area (Å²) in [5.41, 5.74) is 2.16. The van der Waals surface area contributed by atoms with E-state index in [-0.39, 0.29) is 24.7 Å². The second kappa shape index (κ2) is 9.28. The number of anilines is 3. The molecule has 2 heterocycles. The second-order valence-corrected chi connectivity index (χ2v) is 7.02. The van der Waals surface area contributed by atoms with Crippen molar-refractivity contribution >= 4 is 46.2 Å². The van der Waals surface area contributed by atoms with Gasteiger partial charge in [0, 0.05) is 20.0 Å². The molecule has 1 aliphatic rings. The molecular formula is C17H20FN7O3S. The Morgan fingerprint density at radius 2 is 2.38 bits per heavy atom. The smallest absolute Gasteiger partial charge is 0.414 e. The summed E-state index contributed by atoms with van der Waals surface area (Å²) >= 11 is 1.35. The minimum atomic E-state index is -0.599. The predicted octanol–water partition coefficient (Wildman–Crippen LogP) is 1.66. The van der Waals surface area contributed by atoms with E-state index < -0.39 is 18.0 Å². The van der Waals surface area contributed by atoms with Gasteiger partial charge in [-0.25, -0.2) is 9.18 Å². The number of rotatable bonds is 9. The molecule has 1 saturated heterocycles. The number of benzene rings is 1. The highest BCUT2D eigenvalue weighted by Gasteiger charge is 2.32. The van der Waals surface area contributed by atoms with Crippen molar-refractivity contribution in [3.05, 3.63) is 29.5 Å². The molecular weight excluding hydrogens is 401 g/mol. The summed E-state index contributed by atoms with van der Waals surface area (Å²) in [5.74, 6) is -0.790. The molecule has 1 unspecified atom stereocenters. The number of carbonyl (C=O) groups is 2. The maximum atomic E-state index is 14.7. The first kappa shape index (κ1) is 20.5. The van der Waals surface area contributed by atoms with Crippen LogP contribution in [0, 0.1) is 11.2 Å². The number of ether oxygens (including phenoxy) is 1. The Kier molecular flexibility index (Phi) is 6.54. The van der Waals surface area contributed by atoms with Crippen LogP contribution in [0.5, 0.6) is 0 Å². The van der Waals surface area contributed by atoms with E-state index in [4.69, 9.17) is 10.1 Å². The van der Waals surface area contributed by atoms with Crippen LogP contribution in [0.2, 0.25) is 0 Å². The molecule has 0 spiro atoms. The van der Waals surface area contributed by atoms with Crippen molar-refractivity contribution in [3.8, 4) is 0 Å². The number of nitrogens with zero attached hydrogens (tertiary/aromatic N) is 4. The summed E-state index contributed by atoms with van der Waals surface area (Å²) in [7, 11) is 0. The first-order valence-electron chi connectivity index (χ1n) is 8.77. The van der Waals surface area contributed by atoms with Crippen molar-refractivity contribution in [2.24, 2.45) is 0 Å². The largest absolute Gasteiger partial charge is 0.442 e. The van der Waals surface area contributed by atoms with E-state index in [0.717, 1.165) is 6.34 Å². The van der Waals surface area contributed by atoms with Crippen molar-refractivity contribution in [3.63, 3.8) is 0 Å². The highest BCUT2D eigenvalue weighted by Crippen LogP contribution is 2.27. The van der Waals surface area contributed by atoms with Gasteiger partial charge in [0.15, 0.2) is 0 Å². The van der Waals surface area contributed by atoms with Crippen LogP contribution < -0.4 is 20.4 Å². The van der Waals surface area contributed by atoms with Crippen molar-refractivity contribution in [1.29, 1.82) is 5.41 Å². The summed E-state index contributed by atoms with van der Waals surface area (Å²) in [5, 5.41) is 21.4. The van der Waals surface area contributed by atoms with Crippen LogP contribution >= 0.6 is 11.3 Å². The van der Waals surface area contributed by atoms with Crippen molar-refractivity contribution in [1.82, 2.24) is 15.5 Å². The zero-order valence-electron chi connectivity index (χ0n) is 15.6. The quantitative estimate of drug-likeness (QED) is 0.416. The van der Waals surface area contributed by atoms with Crippen LogP contribution in [0.3, 0.4) is 0 Å². The molecule has 2 amide bonds. The lowest BCUT2D eigenvalue weighted by Crippen LogP contribution is -2.33. The summed E-state index contributed by atoms with van der Waals surface area (Å²) in [4.78, 5) is 25.8. The Balaban J connectivity index is 1.63. The molecule has 1 aromatic carbocycles. The van der Waals surface area contributed by atoms with Gasteiger partial charge in [0.25, 0.3) is 0 Å². The minimum absolute atomic E-state index is 0.196. The van der Waals surface area contributed by atoms with Crippen LogP contribution in [0.15, 0.2) is 23.7 Å². The lowest BCUT2D eigenvalue weighted by atomic mass is 10.2. The van der Waals surface area contributed by atoms with Gasteiger partial charge in [0.2, 0.25) is 11.0 Å². The predicted molar refractivity (Wildman–Crippen MR) is 107 cm³/mol. The Morgan fingerprint density at radius 1 is 1.55 bits per heavy atom. The van der Waals surface area contributed by atoms with E-state index in [1.165, 1.54) is 40.2 Å². The number of hydrogen-bond acceptors (Lipinski definition) is 8. The molecule has 0 saturated carbocycles. The fraction of sp³-hybridized carbons (Fsp3) is 0.353. The molecule has 10 nitrogen and oxygen atoms in total. The van der Waals surface area contributed by atoms with Gasteiger partial charge < -0.3 is 20.3 Å². The molecule has 12 heteroatoms. The van der Waals surface area contributed by atoms with Gasteiger partial charge in [-0.05, 0) is 18.2 Å². The number of carbonyl (C=O) groups excluding carboxylic acids is 2. The molecule has 0 bridgehead atoms. The SMILES string of the molecule is CC(=O)NCC1CN(c2ccc(N(C=N)CCNc3nncs3)c(F)c2)C(=O)O1. The lowest BCUT2D eigenvalue weighted by molar-refractivity contribution is -0.119. The normalized spacial score (nSPS) is 15.7. The minimum Gasteiger partial charge on any atom is -0.442 e. The van der Waals surface area contributed by atoms with Crippen LogP contribution in [0.4, 0.5) is 25.7 Å². The summed E-state index contributed by atoms with van der Waals surface area (Å²) < 4.78 is 19.9. The van der Waals surface area contributed by atoms with Gasteiger partial charge in [-0.2, -0.15) is 0 Å². The third kappa shape index (κ3) is 5.16. The maximum absolute atomic E-state index is 14.7. The Bertz CT molecular complexity index is 880. The van der Waals surface area contributed by atoms with Gasteiger partial charge in [0.1, 0.15) is 17.4 Å². The Hall–Kier alpha value is -3.28. The molecule has 1 aliphatic heterocycles. The third-order valence-electron chi connectivity index (χ3n) is 4.15. The van der Waals surface area contributed by atoms with Crippen molar-refractivity contribution in [2.75, 3.05) is 41.3 Å². The van der Waals surface area contributed by atoms with E-state index in [1.54, 1.807) is 11.6 Å². The maximum Gasteiger partial charge on any atom is 0.414 e. The van der Waals surface area contributed by atoms with Gasteiger partial charge in [0.05, 0.1) is 30.8 Å². The van der Waals surface area contributed by atoms with Crippen LogP contribution in [0.25, 0.3) is 0 Å². The van der Waals surface area contributed by atoms with Crippen molar-refractivity contribution in [2.45, 2.75) is 13.0 Å². The molecule has 154 valence electrons. The van der Waals surface area contributed by atoms with Gasteiger partial charge >= 0.3 is 6.09 Å². The highest BCUT2D eigenvalue weighted by atomic mass is 32.1. The van der Waals surface area contributed by atoms with Crippen molar-refractivity contribution < 1.29 is 18.7 Å². The zero-order chi connectivity index (χ0) is 20.8. The average Bonchev–Trinajstić information content (AvgIpc) is 3.33. The Morgan fingerprint density at radius 3 is 3.03 bits per heavy atom. The van der Waals surface area contributed by atoms with Gasteiger partial charge in [-0.3, -0.25) is 15.1 Å². The molecule has 1 atom stereocenters. The highest BCUT2D eigenvalue weighted by molar-refractivity contribution is 7.13. The Labute approximate surface area is 170 Å². The number of amides is 2. The lowest BCUT2D eigenvalue weighted by Gasteiger charge is -2.21. The standard InChI is InChI=1S/C17H20FN7O3S/c1-11(26)21-7-13-8-25(17(27)28-13)12-2-3-15(14(18)6-12)24(9-19)5-4-20-16-23-22-10-29-16/h2-3,6,9-10,13,19H,4-5,7-8H2,1H3,(H,20,23)(H,21,26). The number of aromatic nitrogens is 2. The van der Waals surface area contributed by atoms with Crippen LogP contribution in [-0.4, -0.2) is 60.8 Å². The van der Waals surface area contributed by atoms with E-state index in [9.17, 15) is 14.0 Å². The molecule has 1 aromatic heterocycles. The summed E-state index contributed by atoms with van der Waals surface area (Å²) in [6.07, 6.45) is -0.0655. The molecule has 29 heavy (non-hydrogen) atoms. The van der Waals surface area contributed by atoms with Gasteiger partial charge in [-0.15, -0.1) is 10.2 Å². The number of nitrogens with one attached hydrogen (secondary N) is 3. The molecule has 3 rings (SSSR count). The summed E-state index contributed by atoms with van der Waals surface area (Å²) in [6, 6.07) is 4.33. The fourth-order valence-electron chi connectivity index (χ4n) is 2.78. The fourth-order valence-corrected chi connectivity index (χ4v) is 3.25. The molecule has 0 aliphatic carbocycles. The third-order valence-corrected chi connectivity index (χ3v) is 4.80. The van der Waals surface area contributed by atoms with E-state index in [2.05, 4.69) is 20.8 Å². The molecule has 2 aromatic rings. The first-order valence-corrected chi connectivity index (χ1v) is 9.65. The number of halogens is 1. The molecule has 3 N–H and O–H groups in total. The average molecular weight is 421 g/mol. The van der Waals surface area contributed by atoms with E-state index >= 15 is 0 Å². The number of cyclic esters (lactones) is 1. The summed E-state index contributed by atoms with van der Waals surface area (Å²) in [6.45, 7) is 2.55. The van der Waals surface area contributed by atoms with Crippen LogP contribution in [0.1, 0.15) is 6.92 Å². The molecule has 1 fully saturated rings. The number of hydrogen-bond donors (Lipinski definition) is 3. The van der Waals surface area contributed by atoms with E-state index in [1.807, 2.05) is 0 Å². The zero-order valence-corrected chi connectivity index (χ0v) is 16.4. The monoisotopic (exact) mass is 421 g/mol. The second-order valence-electron chi connectivity index (χ2n) is 6.18. The topological polar surface area (TPSA) is 124 Å². The molecule has 0 radical (unpaired) electrons.